The summed E-state index contributed by atoms with van der Waals surface area (Å²) in [5.41, 5.74) is 2.05. The third kappa shape index (κ3) is 5.03. The highest BCUT2D eigenvalue weighted by Crippen LogP contribution is 2.26. The summed E-state index contributed by atoms with van der Waals surface area (Å²) in [6, 6.07) is 11.5. The fourth-order valence-corrected chi connectivity index (χ4v) is 2.66. The van der Waals surface area contributed by atoms with Gasteiger partial charge in [0.15, 0.2) is 0 Å². The third-order valence-electron chi connectivity index (χ3n) is 3.01. The van der Waals surface area contributed by atoms with E-state index in [0.29, 0.717) is 23.2 Å². The third-order valence-corrected chi connectivity index (χ3v) is 4.24. The Hall–Kier alpha value is -1.000. The molecule has 116 valence electrons. The second kappa shape index (κ2) is 8.59. The molecule has 0 unspecified atom stereocenters. The molecule has 0 aromatic heterocycles. The van der Waals surface area contributed by atoms with Crippen molar-refractivity contribution in [2.75, 3.05) is 6.54 Å². The van der Waals surface area contributed by atoms with Crippen molar-refractivity contribution in [3.63, 3.8) is 0 Å². The van der Waals surface area contributed by atoms with Gasteiger partial charge in [-0.2, -0.15) is 0 Å². The van der Waals surface area contributed by atoms with Crippen LogP contribution in [0.2, 0.25) is 10.0 Å². The van der Waals surface area contributed by atoms with Crippen LogP contribution in [0.4, 0.5) is 0 Å². The average molecular weight is 401 g/mol. The van der Waals surface area contributed by atoms with E-state index in [2.05, 4.69) is 27.8 Å². The molecule has 2 aromatic rings. The molecule has 0 amide bonds. The molecule has 0 saturated heterocycles. The molecule has 2 nitrogen and oxygen atoms in total. The number of ether oxygens (including phenoxy) is 1. The Morgan fingerprint density at radius 2 is 1.95 bits per heavy atom. The Labute approximate surface area is 149 Å². The Balaban J connectivity index is 2.07. The number of benzene rings is 2. The van der Waals surface area contributed by atoms with Crippen LogP contribution < -0.4 is 10.1 Å². The van der Waals surface area contributed by atoms with Crippen molar-refractivity contribution in [3.8, 4) is 5.75 Å². The summed E-state index contributed by atoms with van der Waals surface area (Å²) in [7, 11) is 0. The molecule has 2 rings (SSSR count). The van der Waals surface area contributed by atoms with E-state index in [0.717, 1.165) is 27.9 Å². The zero-order valence-electron chi connectivity index (χ0n) is 11.9. The van der Waals surface area contributed by atoms with Gasteiger partial charge >= 0.3 is 0 Å². The van der Waals surface area contributed by atoms with E-state index in [-0.39, 0.29) is 0 Å². The lowest BCUT2D eigenvalue weighted by Gasteiger charge is -2.13. The molecule has 0 aliphatic rings. The largest absolute Gasteiger partial charge is 0.489 e. The molecule has 0 saturated carbocycles. The number of halogens is 3. The molecule has 2 aromatic carbocycles. The molecular weight excluding hydrogens is 385 g/mol. The first-order chi connectivity index (χ1) is 10.6. The summed E-state index contributed by atoms with van der Waals surface area (Å²) in [5.74, 6) is 0.839. The molecule has 0 fully saturated rings. The lowest BCUT2D eigenvalue weighted by molar-refractivity contribution is 0.302. The average Bonchev–Trinajstić information content (AvgIpc) is 2.50. The summed E-state index contributed by atoms with van der Waals surface area (Å²) < 4.78 is 6.93. The number of hydrogen-bond donors (Lipinski definition) is 1. The molecule has 0 atom stereocenters. The predicted octanol–water partition coefficient (Wildman–Crippen LogP) is 5.61. The molecule has 0 spiro atoms. The summed E-state index contributed by atoms with van der Waals surface area (Å²) >= 11 is 15.4. The first-order valence-electron chi connectivity index (χ1n) is 6.77. The molecule has 0 heterocycles. The number of nitrogens with one attached hydrogen (secondary N) is 1. The zero-order valence-corrected chi connectivity index (χ0v) is 15.0. The highest BCUT2D eigenvalue weighted by molar-refractivity contribution is 9.10. The van der Waals surface area contributed by atoms with Gasteiger partial charge in [0.1, 0.15) is 12.4 Å². The minimum absolute atomic E-state index is 0.437. The lowest BCUT2D eigenvalue weighted by Crippen LogP contribution is -2.13. The monoisotopic (exact) mass is 399 g/mol. The van der Waals surface area contributed by atoms with Crippen LogP contribution in [0.25, 0.3) is 0 Å². The maximum atomic E-state index is 6.02. The number of rotatable bonds is 7. The topological polar surface area (TPSA) is 21.3 Å². The van der Waals surface area contributed by atoms with Gasteiger partial charge in [-0.3, -0.25) is 0 Å². The molecular formula is C17H16BrCl2NO. The summed E-state index contributed by atoms with van der Waals surface area (Å²) in [6.07, 6.45) is 1.83. The Bertz CT molecular complexity index is 661. The number of hydrogen-bond acceptors (Lipinski definition) is 2. The molecule has 0 bridgehead atoms. The van der Waals surface area contributed by atoms with Gasteiger partial charge in [-0.05, 0) is 35.9 Å². The van der Waals surface area contributed by atoms with Crippen LogP contribution >= 0.6 is 39.1 Å². The van der Waals surface area contributed by atoms with Gasteiger partial charge in [0.05, 0.1) is 10.0 Å². The fraction of sp³-hybridized carbons (Fsp3) is 0.176. The fourth-order valence-electron chi connectivity index (χ4n) is 1.93. The normalized spacial score (nSPS) is 10.5. The quantitative estimate of drug-likeness (QED) is 0.481. The van der Waals surface area contributed by atoms with Gasteiger partial charge in [0, 0.05) is 23.1 Å². The molecule has 0 aliphatic heterocycles. The van der Waals surface area contributed by atoms with Gasteiger partial charge in [0.2, 0.25) is 0 Å². The first-order valence-corrected chi connectivity index (χ1v) is 8.32. The SMILES string of the molecule is C=CCNCc1cc(Br)ccc1OCc1ccc(Cl)c(Cl)c1. The molecule has 0 radical (unpaired) electrons. The van der Waals surface area contributed by atoms with Crippen molar-refractivity contribution in [2.45, 2.75) is 13.2 Å². The van der Waals surface area contributed by atoms with E-state index in [9.17, 15) is 0 Å². The van der Waals surface area contributed by atoms with Crippen LogP contribution in [-0.4, -0.2) is 6.54 Å². The second-order valence-corrected chi connectivity index (χ2v) is 6.44. The zero-order chi connectivity index (χ0) is 15.9. The second-order valence-electron chi connectivity index (χ2n) is 4.71. The molecule has 5 heteroatoms. The maximum Gasteiger partial charge on any atom is 0.124 e. The lowest BCUT2D eigenvalue weighted by atomic mass is 10.2. The maximum absolute atomic E-state index is 6.02. The standard InChI is InChI=1S/C17H16BrCl2NO/c1-2-7-21-10-13-9-14(18)4-6-17(13)22-11-12-3-5-15(19)16(20)8-12/h2-6,8-9,21H,1,7,10-11H2. The van der Waals surface area contributed by atoms with Crippen LogP contribution in [0.5, 0.6) is 5.75 Å². The van der Waals surface area contributed by atoms with Crippen LogP contribution in [0.1, 0.15) is 11.1 Å². The van der Waals surface area contributed by atoms with Crippen LogP contribution in [0.3, 0.4) is 0 Å². The molecule has 1 N–H and O–H groups in total. The van der Waals surface area contributed by atoms with E-state index >= 15 is 0 Å². The Kier molecular flexibility index (Phi) is 6.77. The summed E-state index contributed by atoms with van der Waals surface area (Å²) in [4.78, 5) is 0. The van der Waals surface area contributed by atoms with E-state index < -0.39 is 0 Å². The van der Waals surface area contributed by atoms with E-state index in [1.807, 2.05) is 36.4 Å². The van der Waals surface area contributed by atoms with Crippen LogP contribution in [0, 0.1) is 0 Å². The van der Waals surface area contributed by atoms with Crippen molar-refractivity contribution < 1.29 is 4.74 Å². The van der Waals surface area contributed by atoms with Gasteiger partial charge in [-0.25, -0.2) is 0 Å². The van der Waals surface area contributed by atoms with Gasteiger partial charge in [-0.1, -0.05) is 51.3 Å². The molecule has 0 aliphatic carbocycles. The Morgan fingerprint density at radius 3 is 2.68 bits per heavy atom. The van der Waals surface area contributed by atoms with E-state index in [1.54, 1.807) is 6.07 Å². The van der Waals surface area contributed by atoms with Crippen molar-refractivity contribution in [3.05, 3.63) is 74.7 Å². The molecule has 22 heavy (non-hydrogen) atoms. The van der Waals surface area contributed by atoms with Crippen molar-refractivity contribution in [1.82, 2.24) is 5.32 Å². The van der Waals surface area contributed by atoms with Crippen molar-refractivity contribution in [2.24, 2.45) is 0 Å². The van der Waals surface area contributed by atoms with E-state index in [1.165, 1.54) is 0 Å². The Morgan fingerprint density at radius 1 is 1.14 bits per heavy atom. The van der Waals surface area contributed by atoms with Crippen LogP contribution in [-0.2, 0) is 13.2 Å². The highest BCUT2D eigenvalue weighted by Gasteiger charge is 2.06. The summed E-state index contributed by atoms with van der Waals surface area (Å²) in [6.45, 7) is 5.59. The predicted molar refractivity (Wildman–Crippen MR) is 96.8 cm³/mol. The van der Waals surface area contributed by atoms with Gasteiger partial charge < -0.3 is 10.1 Å². The van der Waals surface area contributed by atoms with Gasteiger partial charge in [-0.15, -0.1) is 6.58 Å². The van der Waals surface area contributed by atoms with Gasteiger partial charge in [0.25, 0.3) is 0 Å². The minimum Gasteiger partial charge on any atom is -0.489 e. The van der Waals surface area contributed by atoms with E-state index in [4.69, 9.17) is 27.9 Å². The summed E-state index contributed by atoms with van der Waals surface area (Å²) in [5, 5.41) is 4.35. The van der Waals surface area contributed by atoms with Crippen molar-refractivity contribution in [1.29, 1.82) is 0 Å². The van der Waals surface area contributed by atoms with Crippen LogP contribution in [0.15, 0.2) is 53.5 Å². The first kappa shape index (κ1) is 17.4. The highest BCUT2D eigenvalue weighted by atomic mass is 79.9. The van der Waals surface area contributed by atoms with Crippen molar-refractivity contribution >= 4 is 39.1 Å². The smallest absolute Gasteiger partial charge is 0.124 e. The minimum atomic E-state index is 0.437.